The van der Waals surface area contributed by atoms with Gasteiger partial charge < -0.3 is 9.15 Å². The number of aryl methyl sites for hydroxylation is 1. The summed E-state index contributed by atoms with van der Waals surface area (Å²) < 4.78 is 24.3. The highest BCUT2D eigenvalue weighted by Gasteiger charge is 2.21. The van der Waals surface area contributed by atoms with E-state index in [1.807, 2.05) is 31.2 Å². The van der Waals surface area contributed by atoms with Gasteiger partial charge >= 0.3 is 5.97 Å². The monoisotopic (exact) mass is 326 g/mol. The highest BCUT2D eigenvalue weighted by atomic mass is 19.1. The zero-order chi connectivity index (χ0) is 17.1. The second-order valence-corrected chi connectivity index (χ2v) is 5.34. The number of carbonyl (C=O) groups excluding carboxylic acids is 1. The number of carbonyl (C=O) groups is 1. The van der Waals surface area contributed by atoms with Gasteiger partial charge in [-0.2, -0.15) is 0 Å². The van der Waals surface area contributed by atoms with Gasteiger partial charge in [0.05, 0.1) is 5.56 Å². The number of benzene rings is 2. The van der Waals surface area contributed by atoms with Crippen molar-refractivity contribution < 1.29 is 18.3 Å². The standard InChI is InChI=1S/C18H15FN2O3/c1-11-7-9-13(10-8-11)17-21-20-16(24-17)12(2)23-18(22)14-5-3-4-6-15(14)19/h3-10,12H,1-2H3/t12-/m1/s1. The van der Waals surface area contributed by atoms with E-state index in [0.717, 1.165) is 11.1 Å². The van der Waals surface area contributed by atoms with Crippen LogP contribution >= 0.6 is 0 Å². The summed E-state index contributed by atoms with van der Waals surface area (Å²) in [6, 6.07) is 13.2. The molecule has 122 valence electrons. The first kappa shape index (κ1) is 15.9. The molecule has 3 rings (SSSR count). The molecule has 0 bridgehead atoms. The van der Waals surface area contributed by atoms with Crippen LogP contribution in [0.4, 0.5) is 4.39 Å². The Balaban J connectivity index is 1.74. The number of esters is 1. The Hall–Kier alpha value is -3.02. The fourth-order valence-electron chi connectivity index (χ4n) is 2.11. The summed E-state index contributed by atoms with van der Waals surface area (Å²) in [5.41, 5.74) is 1.75. The van der Waals surface area contributed by atoms with Gasteiger partial charge in [0.2, 0.25) is 5.89 Å². The van der Waals surface area contributed by atoms with Crippen molar-refractivity contribution in [3.05, 3.63) is 71.4 Å². The molecule has 0 saturated carbocycles. The van der Waals surface area contributed by atoms with Crippen molar-refractivity contribution in [2.24, 2.45) is 0 Å². The van der Waals surface area contributed by atoms with Gasteiger partial charge in [-0.25, -0.2) is 9.18 Å². The Kier molecular flexibility index (Phi) is 4.37. The quantitative estimate of drug-likeness (QED) is 0.675. The van der Waals surface area contributed by atoms with Gasteiger partial charge in [0.25, 0.3) is 5.89 Å². The minimum Gasteiger partial charge on any atom is -0.449 e. The van der Waals surface area contributed by atoms with Crippen LogP contribution in [0.5, 0.6) is 0 Å². The molecule has 1 atom stereocenters. The molecule has 0 aliphatic carbocycles. The highest BCUT2D eigenvalue weighted by molar-refractivity contribution is 5.89. The van der Waals surface area contributed by atoms with Crippen LogP contribution in [0.1, 0.15) is 34.8 Å². The second kappa shape index (κ2) is 6.62. The van der Waals surface area contributed by atoms with Crippen molar-refractivity contribution in [3.8, 4) is 11.5 Å². The van der Waals surface area contributed by atoms with Crippen LogP contribution in [0.2, 0.25) is 0 Å². The van der Waals surface area contributed by atoms with Crippen molar-refractivity contribution in [3.63, 3.8) is 0 Å². The lowest BCUT2D eigenvalue weighted by Gasteiger charge is -2.09. The van der Waals surface area contributed by atoms with Crippen LogP contribution in [-0.4, -0.2) is 16.2 Å². The predicted octanol–water partition coefficient (Wildman–Crippen LogP) is 4.10. The maximum Gasteiger partial charge on any atom is 0.341 e. The molecule has 1 aromatic heterocycles. The largest absolute Gasteiger partial charge is 0.449 e. The highest BCUT2D eigenvalue weighted by Crippen LogP contribution is 2.23. The molecule has 6 heteroatoms. The second-order valence-electron chi connectivity index (χ2n) is 5.34. The Morgan fingerprint density at radius 2 is 1.83 bits per heavy atom. The summed E-state index contributed by atoms with van der Waals surface area (Å²) in [7, 11) is 0. The van der Waals surface area contributed by atoms with E-state index in [1.165, 1.54) is 18.2 Å². The molecule has 2 aromatic carbocycles. The predicted molar refractivity (Wildman–Crippen MR) is 84.7 cm³/mol. The van der Waals surface area contributed by atoms with Crippen LogP contribution in [-0.2, 0) is 4.74 Å². The first-order valence-corrected chi connectivity index (χ1v) is 7.40. The minimum atomic E-state index is -0.788. The Bertz CT molecular complexity index is 859. The molecule has 0 amide bonds. The number of halogens is 1. The Morgan fingerprint density at radius 1 is 1.12 bits per heavy atom. The van der Waals surface area contributed by atoms with Crippen molar-refractivity contribution in [2.75, 3.05) is 0 Å². The van der Waals surface area contributed by atoms with E-state index < -0.39 is 17.9 Å². The van der Waals surface area contributed by atoms with Crippen LogP contribution in [0.3, 0.4) is 0 Å². The van der Waals surface area contributed by atoms with Crippen LogP contribution in [0, 0.1) is 12.7 Å². The first-order valence-electron chi connectivity index (χ1n) is 7.40. The third-order valence-corrected chi connectivity index (χ3v) is 3.46. The number of hydrogen-bond donors (Lipinski definition) is 0. The third-order valence-electron chi connectivity index (χ3n) is 3.46. The number of rotatable bonds is 4. The topological polar surface area (TPSA) is 65.2 Å². The van der Waals surface area contributed by atoms with Crippen molar-refractivity contribution in [1.82, 2.24) is 10.2 Å². The molecule has 0 aliphatic heterocycles. The molecule has 0 radical (unpaired) electrons. The summed E-state index contributed by atoms with van der Waals surface area (Å²) in [5, 5.41) is 7.85. The van der Waals surface area contributed by atoms with Gasteiger partial charge in [-0.3, -0.25) is 0 Å². The smallest absolute Gasteiger partial charge is 0.341 e. The minimum absolute atomic E-state index is 0.136. The fourth-order valence-corrected chi connectivity index (χ4v) is 2.11. The zero-order valence-electron chi connectivity index (χ0n) is 13.2. The molecule has 0 unspecified atom stereocenters. The van der Waals surface area contributed by atoms with E-state index in [0.29, 0.717) is 5.89 Å². The summed E-state index contributed by atoms with van der Waals surface area (Å²) in [6.07, 6.45) is -0.788. The lowest BCUT2D eigenvalue weighted by Crippen LogP contribution is -2.11. The zero-order valence-corrected chi connectivity index (χ0v) is 13.2. The third kappa shape index (κ3) is 3.32. The average molecular weight is 326 g/mol. The normalized spacial score (nSPS) is 12.0. The lowest BCUT2D eigenvalue weighted by atomic mass is 10.1. The average Bonchev–Trinajstić information content (AvgIpc) is 3.06. The molecule has 0 aliphatic rings. The first-order chi connectivity index (χ1) is 11.5. The Morgan fingerprint density at radius 3 is 2.54 bits per heavy atom. The maximum atomic E-state index is 13.6. The number of ether oxygens (including phenoxy) is 1. The lowest BCUT2D eigenvalue weighted by molar-refractivity contribution is 0.0274. The molecule has 0 saturated heterocycles. The summed E-state index contributed by atoms with van der Waals surface area (Å²) in [6.45, 7) is 3.57. The Labute approximate surface area is 138 Å². The van der Waals surface area contributed by atoms with Crippen LogP contribution < -0.4 is 0 Å². The SMILES string of the molecule is Cc1ccc(-c2nnc([C@@H](C)OC(=O)c3ccccc3F)o2)cc1. The molecule has 3 aromatic rings. The van der Waals surface area contributed by atoms with Crippen molar-refractivity contribution in [1.29, 1.82) is 0 Å². The van der Waals surface area contributed by atoms with E-state index in [-0.39, 0.29) is 11.5 Å². The summed E-state index contributed by atoms with van der Waals surface area (Å²) >= 11 is 0. The van der Waals surface area contributed by atoms with Gasteiger partial charge in [-0.1, -0.05) is 29.8 Å². The number of hydrogen-bond acceptors (Lipinski definition) is 5. The molecule has 24 heavy (non-hydrogen) atoms. The molecule has 1 heterocycles. The molecular weight excluding hydrogens is 311 g/mol. The van der Waals surface area contributed by atoms with E-state index >= 15 is 0 Å². The summed E-state index contributed by atoms with van der Waals surface area (Å²) in [5.74, 6) is -0.940. The van der Waals surface area contributed by atoms with E-state index in [9.17, 15) is 9.18 Å². The molecular formula is C18H15FN2O3. The fraction of sp³-hybridized carbons (Fsp3) is 0.167. The van der Waals surface area contributed by atoms with E-state index in [2.05, 4.69) is 10.2 Å². The van der Waals surface area contributed by atoms with Gasteiger partial charge in [-0.05, 0) is 38.1 Å². The number of aromatic nitrogens is 2. The van der Waals surface area contributed by atoms with Gasteiger partial charge in [0.1, 0.15) is 5.82 Å². The maximum absolute atomic E-state index is 13.6. The molecule has 5 nitrogen and oxygen atoms in total. The van der Waals surface area contributed by atoms with Gasteiger partial charge in [0.15, 0.2) is 6.10 Å². The summed E-state index contributed by atoms with van der Waals surface area (Å²) in [4.78, 5) is 12.0. The van der Waals surface area contributed by atoms with Crippen LogP contribution in [0.15, 0.2) is 52.9 Å². The molecule has 0 fully saturated rings. The van der Waals surface area contributed by atoms with Crippen molar-refractivity contribution >= 4 is 5.97 Å². The molecule has 0 spiro atoms. The van der Waals surface area contributed by atoms with Crippen molar-refractivity contribution in [2.45, 2.75) is 20.0 Å². The van der Waals surface area contributed by atoms with Crippen LogP contribution in [0.25, 0.3) is 11.5 Å². The van der Waals surface area contributed by atoms with E-state index in [1.54, 1.807) is 13.0 Å². The van der Waals surface area contributed by atoms with E-state index in [4.69, 9.17) is 9.15 Å². The molecule has 0 N–H and O–H groups in total. The number of nitrogens with zero attached hydrogens (tertiary/aromatic N) is 2. The van der Waals surface area contributed by atoms with Gasteiger partial charge in [-0.15, -0.1) is 10.2 Å². The van der Waals surface area contributed by atoms with Gasteiger partial charge in [0, 0.05) is 5.56 Å².